The average molecular weight is 315 g/mol. The minimum atomic E-state index is -0.222. The van der Waals surface area contributed by atoms with Crippen LogP contribution in [0.5, 0.6) is 11.9 Å². The van der Waals surface area contributed by atoms with Crippen molar-refractivity contribution in [2.45, 2.75) is 27.7 Å². The van der Waals surface area contributed by atoms with Crippen LogP contribution in [0.3, 0.4) is 0 Å². The number of anilines is 1. The molecule has 0 unspecified atom stereocenters. The Morgan fingerprint density at radius 3 is 2.61 bits per heavy atom. The molecule has 23 heavy (non-hydrogen) atoms. The number of benzene rings is 1. The number of nitrogens with one attached hydrogen (secondary N) is 1. The van der Waals surface area contributed by atoms with Crippen molar-refractivity contribution in [1.82, 2.24) is 9.97 Å². The highest BCUT2D eigenvalue weighted by Crippen LogP contribution is 2.24. The number of aromatic nitrogens is 2. The summed E-state index contributed by atoms with van der Waals surface area (Å²) >= 11 is 0. The lowest BCUT2D eigenvalue weighted by Crippen LogP contribution is -2.15. The van der Waals surface area contributed by atoms with Gasteiger partial charge in [-0.2, -0.15) is 4.98 Å². The van der Waals surface area contributed by atoms with Gasteiger partial charge in [-0.05, 0) is 39.3 Å². The molecule has 0 atom stereocenters. The summed E-state index contributed by atoms with van der Waals surface area (Å²) in [5.41, 5.74) is 2.95. The Hall–Kier alpha value is -2.63. The highest BCUT2D eigenvalue weighted by molar-refractivity contribution is 6.05. The van der Waals surface area contributed by atoms with Crippen LogP contribution >= 0.6 is 0 Å². The maximum atomic E-state index is 12.5. The Kier molecular flexibility index (Phi) is 5.51. The molecular formula is C17H21N3O3. The highest BCUT2D eigenvalue weighted by Gasteiger charge is 2.15. The lowest BCUT2D eigenvalue weighted by atomic mass is 10.1. The van der Waals surface area contributed by atoms with Crippen molar-refractivity contribution in [2.75, 3.05) is 18.5 Å². The van der Waals surface area contributed by atoms with Gasteiger partial charge in [0.05, 0.1) is 19.4 Å². The van der Waals surface area contributed by atoms with Crippen molar-refractivity contribution in [1.29, 1.82) is 0 Å². The number of hydrogen-bond donors (Lipinski definition) is 1. The van der Waals surface area contributed by atoms with Gasteiger partial charge >= 0.3 is 6.01 Å². The number of ether oxygens (including phenoxy) is 2. The van der Waals surface area contributed by atoms with E-state index >= 15 is 0 Å². The van der Waals surface area contributed by atoms with Gasteiger partial charge < -0.3 is 14.8 Å². The number of carbonyl (C=O) groups excluding carboxylic acids is 1. The van der Waals surface area contributed by atoms with Crippen LogP contribution in [0.25, 0.3) is 0 Å². The first kappa shape index (κ1) is 16.7. The van der Waals surface area contributed by atoms with Crippen LogP contribution in [0.1, 0.15) is 35.3 Å². The molecule has 1 aromatic carbocycles. The third-order valence-electron chi connectivity index (χ3n) is 3.17. The summed E-state index contributed by atoms with van der Waals surface area (Å²) in [6.45, 7) is 8.42. The molecule has 2 rings (SSSR count). The fourth-order valence-corrected chi connectivity index (χ4v) is 2.05. The number of aryl methyl sites for hydroxylation is 2. The minimum Gasteiger partial charge on any atom is -0.476 e. The topological polar surface area (TPSA) is 73.3 Å². The van der Waals surface area contributed by atoms with Crippen molar-refractivity contribution in [2.24, 2.45) is 0 Å². The van der Waals surface area contributed by atoms with Gasteiger partial charge in [-0.3, -0.25) is 4.79 Å². The molecule has 122 valence electrons. The SMILES string of the molecule is CCOc1ncc(NC(=O)c2cc(C)ccc2C)c(OCC)n1. The van der Waals surface area contributed by atoms with Gasteiger partial charge in [-0.1, -0.05) is 17.7 Å². The first-order chi connectivity index (χ1) is 11.0. The molecule has 1 N–H and O–H groups in total. The Labute approximate surface area is 135 Å². The molecule has 1 aromatic heterocycles. The summed E-state index contributed by atoms with van der Waals surface area (Å²) in [5, 5.41) is 2.80. The van der Waals surface area contributed by atoms with Crippen molar-refractivity contribution in [3.05, 3.63) is 41.1 Å². The van der Waals surface area contributed by atoms with Crippen molar-refractivity contribution >= 4 is 11.6 Å². The Morgan fingerprint density at radius 1 is 1.17 bits per heavy atom. The van der Waals surface area contributed by atoms with Gasteiger partial charge in [0.25, 0.3) is 5.91 Å². The summed E-state index contributed by atoms with van der Waals surface area (Å²) in [6.07, 6.45) is 1.49. The van der Waals surface area contributed by atoms with E-state index in [1.165, 1.54) is 6.20 Å². The van der Waals surface area contributed by atoms with E-state index in [4.69, 9.17) is 9.47 Å². The Morgan fingerprint density at radius 2 is 1.91 bits per heavy atom. The summed E-state index contributed by atoms with van der Waals surface area (Å²) in [7, 11) is 0. The van der Waals surface area contributed by atoms with E-state index < -0.39 is 0 Å². The molecule has 0 bridgehead atoms. The first-order valence-electron chi connectivity index (χ1n) is 7.56. The van der Waals surface area contributed by atoms with E-state index in [1.54, 1.807) is 0 Å². The maximum absolute atomic E-state index is 12.5. The van der Waals surface area contributed by atoms with Crippen LogP contribution < -0.4 is 14.8 Å². The molecule has 0 saturated heterocycles. The van der Waals surface area contributed by atoms with Crippen LogP contribution in [-0.2, 0) is 0 Å². The van der Waals surface area contributed by atoms with Crippen molar-refractivity contribution in [3.63, 3.8) is 0 Å². The summed E-state index contributed by atoms with van der Waals surface area (Å²) in [5.74, 6) is 0.0736. The zero-order valence-corrected chi connectivity index (χ0v) is 13.8. The second kappa shape index (κ2) is 7.58. The molecule has 6 heteroatoms. The molecule has 0 spiro atoms. The number of nitrogens with zero attached hydrogens (tertiary/aromatic N) is 2. The molecule has 0 aliphatic heterocycles. The number of amides is 1. The van der Waals surface area contributed by atoms with Crippen LogP contribution in [0.2, 0.25) is 0 Å². The number of rotatable bonds is 6. The molecule has 1 heterocycles. The number of hydrogen-bond acceptors (Lipinski definition) is 5. The second-order valence-electron chi connectivity index (χ2n) is 5.01. The fourth-order valence-electron chi connectivity index (χ4n) is 2.05. The van der Waals surface area contributed by atoms with E-state index in [0.29, 0.717) is 30.3 Å². The van der Waals surface area contributed by atoms with Crippen LogP contribution in [0.4, 0.5) is 5.69 Å². The second-order valence-corrected chi connectivity index (χ2v) is 5.01. The van der Waals surface area contributed by atoms with Gasteiger partial charge in [0, 0.05) is 5.56 Å². The molecule has 2 aromatic rings. The Bertz CT molecular complexity index is 701. The van der Waals surface area contributed by atoms with Gasteiger partial charge in [0.2, 0.25) is 5.88 Å². The smallest absolute Gasteiger partial charge is 0.319 e. The summed E-state index contributed by atoms with van der Waals surface area (Å²) < 4.78 is 10.7. The normalized spacial score (nSPS) is 10.3. The molecule has 6 nitrogen and oxygen atoms in total. The molecule has 0 aliphatic rings. The lowest BCUT2D eigenvalue weighted by molar-refractivity contribution is 0.102. The lowest BCUT2D eigenvalue weighted by Gasteiger charge is -2.12. The van der Waals surface area contributed by atoms with Gasteiger partial charge in [0.15, 0.2) is 0 Å². The number of carbonyl (C=O) groups is 1. The Balaban J connectivity index is 2.27. The van der Waals surface area contributed by atoms with E-state index in [0.717, 1.165) is 11.1 Å². The summed E-state index contributed by atoms with van der Waals surface area (Å²) in [6, 6.07) is 5.96. The molecule has 1 amide bonds. The zero-order valence-electron chi connectivity index (χ0n) is 13.8. The maximum Gasteiger partial charge on any atom is 0.319 e. The fraction of sp³-hybridized carbons (Fsp3) is 0.353. The third-order valence-corrected chi connectivity index (χ3v) is 3.17. The van der Waals surface area contributed by atoms with Crippen molar-refractivity contribution < 1.29 is 14.3 Å². The van der Waals surface area contributed by atoms with E-state index in [-0.39, 0.29) is 11.9 Å². The van der Waals surface area contributed by atoms with E-state index in [1.807, 2.05) is 45.9 Å². The minimum absolute atomic E-state index is 0.222. The standard InChI is InChI=1S/C17H21N3O3/c1-5-22-16-14(10-18-17(20-16)23-6-2)19-15(21)13-9-11(3)7-8-12(13)4/h7-10H,5-6H2,1-4H3,(H,19,21). The molecule has 0 fully saturated rings. The molecule has 0 aliphatic carbocycles. The molecule has 0 radical (unpaired) electrons. The first-order valence-corrected chi connectivity index (χ1v) is 7.56. The van der Waals surface area contributed by atoms with Crippen LogP contribution in [0.15, 0.2) is 24.4 Å². The van der Waals surface area contributed by atoms with Crippen LogP contribution in [-0.4, -0.2) is 29.1 Å². The van der Waals surface area contributed by atoms with Crippen molar-refractivity contribution in [3.8, 4) is 11.9 Å². The molecule has 0 saturated carbocycles. The average Bonchev–Trinajstić information content (AvgIpc) is 2.52. The van der Waals surface area contributed by atoms with Gasteiger partial charge in [0.1, 0.15) is 5.69 Å². The van der Waals surface area contributed by atoms with Gasteiger partial charge in [-0.15, -0.1) is 0 Å². The monoisotopic (exact) mass is 315 g/mol. The quantitative estimate of drug-likeness (QED) is 0.886. The van der Waals surface area contributed by atoms with E-state index in [2.05, 4.69) is 15.3 Å². The van der Waals surface area contributed by atoms with Gasteiger partial charge in [-0.25, -0.2) is 4.98 Å². The molecular weight excluding hydrogens is 294 g/mol. The predicted molar refractivity (Wildman–Crippen MR) is 88.2 cm³/mol. The van der Waals surface area contributed by atoms with E-state index in [9.17, 15) is 4.79 Å². The highest BCUT2D eigenvalue weighted by atomic mass is 16.5. The summed E-state index contributed by atoms with van der Waals surface area (Å²) in [4.78, 5) is 20.7. The zero-order chi connectivity index (χ0) is 16.8. The largest absolute Gasteiger partial charge is 0.476 e. The third kappa shape index (κ3) is 4.18. The predicted octanol–water partition coefficient (Wildman–Crippen LogP) is 3.14. The van der Waals surface area contributed by atoms with Crippen LogP contribution in [0, 0.1) is 13.8 Å².